The highest BCUT2D eigenvalue weighted by molar-refractivity contribution is 5.94. The van der Waals surface area contributed by atoms with Crippen molar-refractivity contribution in [2.45, 2.75) is 32.6 Å². The van der Waals surface area contributed by atoms with E-state index in [0.29, 0.717) is 17.6 Å². The molecule has 5 heteroatoms. The van der Waals surface area contributed by atoms with E-state index in [9.17, 15) is 9.59 Å². The first-order valence-electron chi connectivity index (χ1n) is 8.24. The Balaban J connectivity index is 1.62. The fourth-order valence-electron chi connectivity index (χ4n) is 2.71. The van der Waals surface area contributed by atoms with E-state index >= 15 is 0 Å². The number of rotatable bonds is 6. The van der Waals surface area contributed by atoms with Crippen molar-refractivity contribution in [3.8, 4) is 0 Å². The Kier molecular flexibility index (Phi) is 4.79. The van der Waals surface area contributed by atoms with Gasteiger partial charge in [-0.1, -0.05) is 37.6 Å². The minimum Gasteiger partial charge on any atom is -0.326 e. The number of nitrogens with one attached hydrogen (secondary N) is 3. The first-order chi connectivity index (χ1) is 11.6. The summed E-state index contributed by atoms with van der Waals surface area (Å²) in [5.41, 5.74) is 4.12. The molecule has 0 radical (unpaired) electrons. The number of aromatic amines is 2. The molecule has 3 aromatic rings. The highest BCUT2D eigenvalue weighted by Crippen LogP contribution is 2.15. The van der Waals surface area contributed by atoms with Crippen molar-refractivity contribution in [3.05, 3.63) is 64.1 Å². The van der Waals surface area contributed by atoms with Crippen LogP contribution in [-0.2, 0) is 17.6 Å². The molecule has 5 nitrogen and oxygen atoms in total. The normalized spacial score (nSPS) is 10.9. The third-order valence-corrected chi connectivity index (χ3v) is 4.01. The summed E-state index contributed by atoms with van der Waals surface area (Å²) < 4.78 is 0. The van der Waals surface area contributed by atoms with Crippen LogP contribution in [0.2, 0.25) is 0 Å². The summed E-state index contributed by atoms with van der Waals surface area (Å²) in [5.74, 6) is -0.0754. The number of aromatic nitrogens is 2. The smallest absolute Gasteiger partial charge is 0.323 e. The Morgan fingerprint density at radius 1 is 1.00 bits per heavy atom. The molecule has 0 bridgehead atoms. The fourth-order valence-corrected chi connectivity index (χ4v) is 2.71. The van der Waals surface area contributed by atoms with Crippen LogP contribution >= 0.6 is 0 Å². The molecule has 0 saturated carbocycles. The molecular weight excluding hydrogens is 302 g/mol. The van der Waals surface area contributed by atoms with Crippen molar-refractivity contribution < 1.29 is 4.79 Å². The zero-order valence-corrected chi connectivity index (χ0v) is 13.7. The predicted octanol–water partition coefficient (Wildman–Crippen LogP) is 3.38. The molecule has 0 aliphatic rings. The molecule has 1 aromatic heterocycles. The lowest BCUT2D eigenvalue weighted by Crippen LogP contribution is -2.14. The van der Waals surface area contributed by atoms with Gasteiger partial charge in [0.25, 0.3) is 0 Å². The zero-order valence-electron chi connectivity index (χ0n) is 13.7. The van der Waals surface area contributed by atoms with Gasteiger partial charge in [-0.3, -0.25) is 4.79 Å². The average Bonchev–Trinajstić information content (AvgIpc) is 2.93. The number of carbonyl (C=O) groups excluding carboxylic acids is 1. The first-order valence-corrected chi connectivity index (χ1v) is 8.24. The van der Waals surface area contributed by atoms with Crippen LogP contribution in [0.5, 0.6) is 0 Å². The van der Waals surface area contributed by atoms with Crippen LogP contribution in [0.15, 0.2) is 47.3 Å². The lowest BCUT2D eigenvalue weighted by molar-refractivity contribution is -0.115. The number of H-pyrrole nitrogens is 2. The summed E-state index contributed by atoms with van der Waals surface area (Å²) >= 11 is 0. The van der Waals surface area contributed by atoms with Gasteiger partial charge in [-0.15, -0.1) is 0 Å². The lowest BCUT2D eigenvalue weighted by atomic mass is 10.0. The van der Waals surface area contributed by atoms with Crippen molar-refractivity contribution in [2.75, 3.05) is 5.32 Å². The Bertz CT molecular complexity index is 891. The van der Waals surface area contributed by atoms with Crippen molar-refractivity contribution in [1.82, 2.24) is 9.97 Å². The van der Waals surface area contributed by atoms with Gasteiger partial charge in [-0.2, -0.15) is 0 Å². The van der Waals surface area contributed by atoms with E-state index in [0.717, 1.165) is 17.5 Å². The van der Waals surface area contributed by atoms with E-state index in [4.69, 9.17) is 0 Å². The minimum atomic E-state index is -0.253. The van der Waals surface area contributed by atoms with Gasteiger partial charge in [-0.05, 0) is 42.2 Å². The summed E-state index contributed by atoms with van der Waals surface area (Å²) in [5, 5.41) is 2.87. The number of hydrogen-bond donors (Lipinski definition) is 3. The van der Waals surface area contributed by atoms with Crippen LogP contribution in [0.25, 0.3) is 11.0 Å². The van der Waals surface area contributed by atoms with Crippen LogP contribution in [-0.4, -0.2) is 15.9 Å². The number of unbranched alkanes of at least 4 members (excludes halogenated alkanes) is 1. The zero-order chi connectivity index (χ0) is 16.9. The van der Waals surface area contributed by atoms with Crippen LogP contribution in [0.4, 0.5) is 5.69 Å². The molecule has 2 aromatic carbocycles. The molecule has 0 spiro atoms. The number of carbonyl (C=O) groups is 1. The molecule has 0 atom stereocenters. The van der Waals surface area contributed by atoms with Gasteiger partial charge in [0.15, 0.2) is 0 Å². The highest BCUT2D eigenvalue weighted by atomic mass is 16.1. The summed E-state index contributed by atoms with van der Waals surface area (Å²) in [4.78, 5) is 28.8. The number of benzene rings is 2. The second-order valence-electron chi connectivity index (χ2n) is 5.98. The maximum Gasteiger partial charge on any atom is 0.323 e. The molecule has 0 aliphatic carbocycles. The Hall–Kier alpha value is -2.82. The molecule has 0 aliphatic heterocycles. The van der Waals surface area contributed by atoms with E-state index in [2.05, 4.69) is 34.3 Å². The molecule has 0 unspecified atom stereocenters. The third-order valence-electron chi connectivity index (χ3n) is 4.01. The maximum absolute atomic E-state index is 12.2. The summed E-state index contributed by atoms with van der Waals surface area (Å²) in [6.45, 7) is 2.18. The van der Waals surface area contributed by atoms with Gasteiger partial charge in [0.1, 0.15) is 0 Å². The fraction of sp³-hybridized carbons (Fsp3) is 0.263. The lowest BCUT2D eigenvalue weighted by Gasteiger charge is -2.06. The second kappa shape index (κ2) is 7.17. The highest BCUT2D eigenvalue weighted by Gasteiger charge is 2.06. The molecule has 3 N–H and O–H groups in total. The standard InChI is InChI=1S/C19H21N3O2/c1-2-3-4-13-5-7-14(8-6-13)11-18(23)20-15-9-10-16-17(12-15)22-19(24)21-16/h5-10,12H,2-4,11H2,1H3,(H,20,23)(H2,21,22,24). The molecule has 124 valence electrons. The van der Waals surface area contributed by atoms with Crippen molar-refractivity contribution >= 4 is 22.6 Å². The number of anilines is 1. The van der Waals surface area contributed by atoms with E-state index in [-0.39, 0.29) is 11.6 Å². The Morgan fingerprint density at radius 3 is 2.46 bits per heavy atom. The maximum atomic E-state index is 12.2. The number of fused-ring (bicyclic) bond motifs is 1. The van der Waals surface area contributed by atoms with Gasteiger partial charge >= 0.3 is 5.69 Å². The van der Waals surface area contributed by atoms with Crippen LogP contribution in [0.3, 0.4) is 0 Å². The number of hydrogen-bond acceptors (Lipinski definition) is 2. The first kappa shape index (κ1) is 16.1. The van der Waals surface area contributed by atoms with Crippen molar-refractivity contribution in [3.63, 3.8) is 0 Å². The van der Waals surface area contributed by atoms with E-state index in [1.165, 1.54) is 18.4 Å². The average molecular weight is 323 g/mol. The number of imidazole rings is 1. The molecule has 3 rings (SSSR count). The summed E-state index contributed by atoms with van der Waals surface area (Å²) in [6, 6.07) is 13.5. The topological polar surface area (TPSA) is 77.8 Å². The minimum absolute atomic E-state index is 0.0754. The SMILES string of the molecule is CCCCc1ccc(CC(=O)Nc2ccc3[nH]c(=O)[nH]c3c2)cc1. The van der Waals surface area contributed by atoms with Gasteiger partial charge in [0.05, 0.1) is 17.5 Å². The number of aryl methyl sites for hydroxylation is 1. The molecule has 1 heterocycles. The van der Waals surface area contributed by atoms with Gasteiger partial charge in [0, 0.05) is 5.69 Å². The largest absolute Gasteiger partial charge is 0.326 e. The molecule has 0 saturated heterocycles. The van der Waals surface area contributed by atoms with E-state index in [1.807, 2.05) is 12.1 Å². The molecule has 1 amide bonds. The van der Waals surface area contributed by atoms with Gasteiger partial charge in [-0.25, -0.2) is 4.79 Å². The van der Waals surface area contributed by atoms with Crippen LogP contribution in [0.1, 0.15) is 30.9 Å². The third kappa shape index (κ3) is 3.93. The monoisotopic (exact) mass is 323 g/mol. The quantitative estimate of drug-likeness (QED) is 0.650. The van der Waals surface area contributed by atoms with Crippen molar-refractivity contribution in [1.29, 1.82) is 0 Å². The van der Waals surface area contributed by atoms with E-state index in [1.54, 1.807) is 18.2 Å². The Labute approximate surface area is 140 Å². The van der Waals surface area contributed by atoms with E-state index < -0.39 is 0 Å². The van der Waals surface area contributed by atoms with Gasteiger partial charge in [0.2, 0.25) is 5.91 Å². The van der Waals surface area contributed by atoms with Crippen LogP contribution < -0.4 is 11.0 Å². The molecule has 24 heavy (non-hydrogen) atoms. The Morgan fingerprint density at radius 2 is 1.71 bits per heavy atom. The number of amides is 1. The summed E-state index contributed by atoms with van der Waals surface area (Å²) in [6.07, 6.45) is 3.78. The molecule has 0 fully saturated rings. The van der Waals surface area contributed by atoms with Gasteiger partial charge < -0.3 is 15.3 Å². The molecular formula is C19H21N3O2. The van der Waals surface area contributed by atoms with Crippen molar-refractivity contribution in [2.24, 2.45) is 0 Å². The summed E-state index contributed by atoms with van der Waals surface area (Å²) in [7, 11) is 0. The van der Waals surface area contributed by atoms with Crippen LogP contribution in [0, 0.1) is 0 Å². The predicted molar refractivity (Wildman–Crippen MR) is 96.3 cm³/mol. The second-order valence-corrected chi connectivity index (χ2v) is 5.98.